The van der Waals surface area contributed by atoms with Crippen LogP contribution in [0.1, 0.15) is 23.9 Å². The van der Waals surface area contributed by atoms with Gasteiger partial charge in [-0.1, -0.05) is 18.2 Å². The van der Waals surface area contributed by atoms with Gasteiger partial charge >= 0.3 is 18.0 Å². The van der Waals surface area contributed by atoms with Gasteiger partial charge in [-0.2, -0.15) is 5.10 Å². The number of urea groups is 1. The van der Waals surface area contributed by atoms with Crippen LogP contribution in [-0.2, 0) is 19.1 Å². The maximum absolute atomic E-state index is 12.2. The number of rotatable bonds is 7. The lowest BCUT2D eigenvalue weighted by Gasteiger charge is -2.20. The smallest absolute Gasteiger partial charge is 0.337 e. The molecule has 2 aromatic rings. The fraction of sp³-hybridized carbons (Fsp3) is 0.273. The molecule has 1 aromatic carbocycles. The second-order valence-electron chi connectivity index (χ2n) is 6.76. The number of carbonyl (C=O) groups is 3. The molecule has 162 valence electrons. The van der Waals surface area contributed by atoms with Crippen LogP contribution in [0.5, 0.6) is 0 Å². The molecule has 3 rings (SSSR count). The van der Waals surface area contributed by atoms with Crippen molar-refractivity contribution in [1.82, 2.24) is 20.4 Å². The van der Waals surface area contributed by atoms with Crippen LogP contribution in [0.25, 0.3) is 11.8 Å². The molecule has 9 heteroatoms. The molecule has 1 aliphatic rings. The summed E-state index contributed by atoms with van der Waals surface area (Å²) in [5, 5.41) is 9.51. The predicted molar refractivity (Wildman–Crippen MR) is 113 cm³/mol. The maximum Gasteiger partial charge on any atom is 0.337 e. The van der Waals surface area contributed by atoms with E-state index in [4.69, 9.17) is 9.47 Å². The predicted octanol–water partition coefficient (Wildman–Crippen LogP) is 2.18. The normalized spacial score (nSPS) is 13.7. The summed E-state index contributed by atoms with van der Waals surface area (Å²) in [5.41, 5.74) is 3.80. The molecule has 0 aliphatic carbocycles. The van der Waals surface area contributed by atoms with Crippen molar-refractivity contribution in [3.05, 3.63) is 64.6 Å². The lowest BCUT2D eigenvalue weighted by Crippen LogP contribution is -2.45. The molecule has 2 amide bonds. The van der Waals surface area contributed by atoms with Crippen LogP contribution in [0.3, 0.4) is 0 Å². The zero-order valence-electron chi connectivity index (χ0n) is 17.6. The van der Waals surface area contributed by atoms with E-state index in [0.29, 0.717) is 0 Å². The third-order valence-electron chi connectivity index (χ3n) is 4.67. The number of para-hydroxylation sites is 1. The van der Waals surface area contributed by atoms with Crippen LogP contribution in [0, 0.1) is 13.8 Å². The number of amides is 2. The van der Waals surface area contributed by atoms with Crippen molar-refractivity contribution >= 4 is 24.0 Å². The second-order valence-corrected chi connectivity index (χ2v) is 6.76. The molecule has 0 atom stereocenters. The zero-order valence-corrected chi connectivity index (χ0v) is 17.6. The first-order valence-electron chi connectivity index (χ1n) is 9.81. The first kappa shape index (κ1) is 21.8. The number of nitrogens with zero attached hydrogens (tertiary/aromatic N) is 2. The Morgan fingerprint density at radius 1 is 1.19 bits per heavy atom. The Morgan fingerprint density at radius 3 is 2.65 bits per heavy atom. The Bertz CT molecular complexity index is 1050. The molecule has 0 saturated carbocycles. The summed E-state index contributed by atoms with van der Waals surface area (Å²) >= 11 is 0. The second kappa shape index (κ2) is 9.75. The van der Waals surface area contributed by atoms with E-state index in [2.05, 4.69) is 15.7 Å². The van der Waals surface area contributed by atoms with E-state index < -0.39 is 18.0 Å². The molecule has 9 nitrogen and oxygen atoms in total. The topological polar surface area (TPSA) is 112 Å². The Labute approximate surface area is 179 Å². The van der Waals surface area contributed by atoms with Crippen molar-refractivity contribution in [3.63, 3.8) is 0 Å². The summed E-state index contributed by atoms with van der Waals surface area (Å²) < 4.78 is 12.0. The number of carbonyl (C=O) groups excluding carboxylic acids is 3. The summed E-state index contributed by atoms with van der Waals surface area (Å²) in [6.45, 7) is 5.40. The van der Waals surface area contributed by atoms with Crippen molar-refractivity contribution in [3.8, 4) is 5.69 Å². The first-order chi connectivity index (χ1) is 14.9. The zero-order chi connectivity index (χ0) is 22.4. The van der Waals surface area contributed by atoms with Crippen LogP contribution in [-0.4, -0.2) is 47.5 Å². The SMILES string of the molecule is CCOC(=O)C1=C(COC(=O)/C=C/c2c(C)nn(-c3ccccc3)c2C)NC(=O)NC1. The number of nitrogens with one attached hydrogen (secondary N) is 2. The average Bonchev–Trinajstić information content (AvgIpc) is 3.05. The molecule has 0 unspecified atom stereocenters. The van der Waals surface area contributed by atoms with Crippen molar-refractivity contribution in [2.75, 3.05) is 19.8 Å². The number of aromatic nitrogens is 2. The third-order valence-corrected chi connectivity index (χ3v) is 4.67. The lowest BCUT2D eigenvalue weighted by atomic mass is 10.1. The summed E-state index contributed by atoms with van der Waals surface area (Å²) in [7, 11) is 0. The van der Waals surface area contributed by atoms with Gasteiger partial charge in [0, 0.05) is 17.3 Å². The summed E-state index contributed by atoms with van der Waals surface area (Å²) in [4.78, 5) is 35.8. The average molecular weight is 424 g/mol. The molecule has 0 radical (unpaired) electrons. The highest BCUT2D eigenvalue weighted by atomic mass is 16.5. The van der Waals surface area contributed by atoms with Gasteiger partial charge in [-0.3, -0.25) is 0 Å². The van der Waals surface area contributed by atoms with E-state index in [9.17, 15) is 14.4 Å². The van der Waals surface area contributed by atoms with Gasteiger partial charge in [-0.15, -0.1) is 0 Å². The minimum atomic E-state index is -0.616. The lowest BCUT2D eigenvalue weighted by molar-refractivity contribution is -0.140. The monoisotopic (exact) mass is 424 g/mol. The van der Waals surface area contributed by atoms with Gasteiger partial charge in [0.1, 0.15) is 6.61 Å². The van der Waals surface area contributed by atoms with Crippen LogP contribution < -0.4 is 10.6 Å². The largest absolute Gasteiger partial charge is 0.463 e. The highest BCUT2D eigenvalue weighted by Gasteiger charge is 2.24. The Balaban J connectivity index is 1.70. The van der Waals surface area contributed by atoms with Gasteiger partial charge in [0.05, 0.1) is 35.8 Å². The van der Waals surface area contributed by atoms with Crippen molar-refractivity contribution in [1.29, 1.82) is 0 Å². The molecule has 0 fully saturated rings. The van der Waals surface area contributed by atoms with E-state index in [1.54, 1.807) is 17.7 Å². The van der Waals surface area contributed by atoms with E-state index >= 15 is 0 Å². The molecule has 2 heterocycles. The molecule has 2 N–H and O–H groups in total. The van der Waals surface area contributed by atoms with Gasteiger partial charge in [-0.05, 0) is 39.0 Å². The van der Waals surface area contributed by atoms with Gasteiger partial charge in [-0.25, -0.2) is 19.1 Å². The van der Waals surface area contributed by atoms with E-state index in [0.717, 1.165) is 22.6 Å². The van der Waals surface area contributed by atoms with Gasteiger partial charge in [0.25, 0.3) is 0 Å². The summed E-state index contributed by atoms with van der Waals surface area (Å²) in [6.07, 6.45) is 2.93. The quantitative estimate of drug-likeness (QED) is 0.521. The van der Waals surface area contributed by atoms with Crippen molar-refractivity contribution < 1.29 is 23.9 Å². The summed E-state index contributed by atoms with van der Waals surface area (Å²) in [5.74, 6) is -1.19. The fourth-order valence-electron chi connectivity index (χ4n) is 3.13. The van der Waals surface area contributed by atoms with Gasteiger partial charge in [0.15, 0.2) is 0 Å². The number of hydrogen-bond acceptors (Lipinski definition) is 6. The minimum Gasteiger partial charge on any atom is -0.463 e. The highest BCUT2D eigenvalue weighted by Crippen LogP contribution is 2.19. The Hall–Kier alpha value is -3.88. The van der Waals surface area contributed by atoms with Gasteiger partial charge in [0.2, 0.25) is 0 Å². The van der Waals surface area contributed by atoms with Crippen LogP contribution >= 0.6 is 0 Å². The standard InChI is InChI=1S/C22H24N4O5/c1-4-30-21(28)18-12-23-22(29)24-19(18)13-31-20(27)11-10-17-14(2)25-26(15(17)3)16-8-6-5-7-9-16/h5-11H,4,12-13H2,1-3H3,(H2,23,24,29)/b11-10+. The maximum atomic E-state index is 12.2. The number of aryl methyl sites for hydroxylation is 1. The first-order valence-corrected chi connectivity index (χ1v) is 9.81. The Morgan fingerprint density at radius 2 is 1.94 bits per heavy atom. The number of hydrogen-bond donors (Lipinski definition) is 2. The molecule has 31 heavy (non-hydrogen) atoms. The van der Waals surface area contributed by atoms with E-state index in [1.807, 2.05) is 44.2 Å². The van der Waals surface area contributed by atoms with E-state index in [-0.39, 0.29) is 31.0 Å². The van der Waals surface area contributed by atoms with Crippen LogP contribution in [0.15, 0.2) is 47.7 Å². The molecular formula is C22H24N4O5. The van der Waals surface area contributed by atoms with Crippen LogP contribution in [0.2, 0.25) is 0 Å². The molecule has 0 bridgehead atoms. The number of esters is 2. The molecular weight excluding hydrogens is 400 g/mol. The third kappa shape index (κ3) is 5.19. The van der Waals surface area contributed by atoms with Gasteiger partial charge < -0.3 is 20.1 Å². The van der Waals surface area contributed by atoms with Crippen molar-refractivity contribution in [2.45, 2.75) is 20.8 Å². The molecule has 0 saturated heterocycles. The fourth-order valence-corrected chi connectivity index (χ4v) is 3.13. The van der Waals surface area contributed by atoms with Crippen molar-refractivity contribution in [2.24, 2.45) is 0 Å². The molecule has 0 spiro atoms. The molecule has 1 aliphatic heterocycles. The highest BCUT2D eigenvalue weighted by molar-refractivity contribution is 5.94. The summed E-state index contributed by atoms with van der Waals surface area (Å²) in [6, 6.07) is 9.20. The van der Waals surface area contributed by atoms with E-state index in [1.165, 1.54) is 6.08 Å². The Kier molecular flexibility index (Phi) is 6.86. The number of benzene rings is 1. The minimum absolute atomic E-state index is 0.00441. The number of ether oxygens (including phenoxy) is 2. The molecule has 1 aromatic heterocycles. The van der Waals surface area contributed by atoms with Crippen LogP contribution in [0.4, 0.5) is 4.79 Å².